The van der Waals surface area contributed by atoms with Gasteiger partial charge < -0.3 is 16.0 Å². The number of fused-ring (bicyclic) bond motifs is 1. The molecular formula is C21H18N6O. The highest BCUT2D eigenvalue weighted by Crippen LogP contribution is 2.25. The lowest BCUT2D eigenvalue weighted by molar-refractivity contribution is -0.116. The molecule has 7 nitrogen and oxygen atoms in total. The van der Waals surface area contributed by atoms with Gasteiger partial charge in [0.05, 0.1) is 23.5 Å². The zero-order valence-electron chi connectivity index (χ0n) is 15.1. The fourth-order valence-corrected chi connectivity index (χ4v) is 3.31. The summed E-state index contributed by atoms with van der Waals surface area (Å²) in [6, 6.07) is 13.6. The number of amides is 1. The molecule has 0 fully saturated rings. The predicted octanol–water partition coefficient (Wildman–Crippen LogP) is 2.75. The summed E-state index contributed by atoms with van der Waals surface area (Å²) in [6.07, 6.45) is 2.46. The molecule has 0 spiro atoms. The Morgan fingerprint density at radius 2 is 2.07 bits per heavy atom. The molecule has 0 aliphatic carbocycles. The number of nitriles is 1. The second kappa shape index (κ2) is 7.45. The van der Waals surface area contributed by atoms with Crippen LogP contribution in [0.2, 0.25) is 0 Å². The first-order valence-electron chi connectivity index (χ1n) is 9.00. The molecule has 0 bridgehead atoms. The van der Waals surface area contributed by atoms with Crippen molar-refractivity contribution < 1.29 is 4.79 Å². The third-order valence-electron chi connectivity index (χ3n) is 4.75. The quantitative estimate of drug-likeness (QED) is 0.703. The van der Waals surface area contributed by atoms with E-state index in [2.05, 4.69) is 26.7 Å². The van der Waals surface area contributed by atoms with E-state index in [9.17, 15) is 10.1 Å². The summed E-state index contributed by atoms with van der Waals surface area (Å²) >= 11 is 0. The molecule has 2 aromatic rings. The Morgan fingerprint density at radius 1 is 1.21 bits per heavy atom. The maximum Gasteiger partial charge on any atom is 0.224 e. The number of nitrogens with zero attached hydrogens (tertiary/aromatic N) is 3. The molecule has 2 aromatic carbocycles. The van der Waals surface area contributed by atoms with Gasteiger partial charge >= 0.3 is 0 Å². The van der Waals surface area contributed by atoms with Crippen LogP contribution in [0.4, 0.5) is 11.4 Å². The molecule has 0 atom stereocenters. The minimum absolute atomic E-state index is 0.0469. The molecular weight excluding hydrogens is 352 g/mol. The summed E-state index contributed by atoms with van der Waals surface area (Å²) in [5.74, 6) is 0.713. The van der Waals surface area contributed by atoms with Crippen molar-refractivity contribution in [3.63, 3.8) is 0 Å². The third kappa shape index (κ3) is 3.40. The fourth-order valence-electron chi connectivity index (χ4n) is 3.31. The predicted molar refractivity (Wildman–Crippen MR) is 110 cm³/mol. The first-order valence-corrected chi connectivity index (χ1v) is 9.00. The molecule has 0 aromatic heterocycles. The lowest BCUT2D eigenvalue weighted by Gasteiger charge is -2.17. The van der Waals surface area contributed by atoms with Gasteiger partial charge in [0.25, 0.3) is 0 Å². The van der Waals surface area contributed by atoms with Gasteiger partial charge in [-0.15, -0.1) is 0 Å². The number of hydrogen-bond donors (Lipinski definition) is 3. The summed E-state index contributed by atoms with van der Waals surface area (Å²) in [4.78, 5) is 20.7. The first kappa shape index (κ1) is 17.6. The van der Waals surface area contributed by atoms with Gasteiger partial charge in [0.15, 0.2) is 5.84 Å². The van der Waals surface area contributed by atoms with Gasteiger partial charge in [-0.25, -0.2) is 4.99 Å². The van der Waals surface area contributed by atoms with Crippen molar-refractivity contribution in [1.82, 2.24) is 0 Å². The third-order valence-corrected chi connectivity index (χ3v) is 4.75. The van der Waals surface area contributed by atoms with E-state index in [0.29, 0.717) is 43.0 Å². The Balaban J connectivity index is 1.58. The molecule has 2 aliphatic heterocycles. The van der Waals surface area contributed by atoms with Crippen LogP contribution in [0.3, 0.4) is 0 Å². The molecule has 7 heteroatoms. The number of rotatable bonds is 5. The van der Waals surface area contributed by atoms with E-state index < -0.39 is 0 Å². The molecule has 0 saturated heterocycles. The van der Waals surface area contributed by atoms with Crippen LogP contribution in [0, 0.1) is 16.7 Å². The average Bonchev–Trinajstić information content (AvgIpc) is 3.22. The number of benzene rings is 2. The number of aryl methyl sites for hydroxylation is 1. The van der Waals surface area contributed by atoms with Crippen molar-refractivity contribution in [2.75, 3.05) is 23.7 Å². The summed E-state index contributed by atoms with van der Waals surface area (Å²) in [5, 5.41) is 22.4. The Bertz CT molecular complexity index is 1080. The molecule has 1 amide bonds. The Labute approximate surface area is 162 Å². The van der Waals surface area contributed by atoms with Crippen LogP contribution in [0.25, 0.3) is 0 Å². The van der Waals surface area contributed by atoms with E-state index in [1.54, 1.807) is 6.07 Å². The van der Waals surface area contributed by atoms with E-state index >= 15 is 0 Å². The molecule has 2 aliphatic rings. The standard InChI is InChI=1S/C21H18N6O/c22-7-8-24-17-4-1-14(10-16(17)11-23)19-12-25-21(27-19)15-2-5-18-13(9-15)3-6-20(28)26-18/h1-2,4-5,7,9-10,22,24H,3,6,8,12H2,(H,26,28). The molecule has 138 valence electrons. The van der Waals surface area contributed by atoms with Crippen molar-refractivity contribution >= 4 is 35.0 Å². The number of aliphatic imine (C=N–C) groups is 2. The maximum atomic E-state index is 11.5. The van der Waals surface area contributed by atoms with Gasteiger partial charge in [-0.05, 0) is 47.9 Å². The first-order chi connectivity index (χ1) is 13.7. The van der Waals surface area contributed by atoms with Crippen LogP contribution in [-0.4, -0.2) is 36.8 Å². The molecule has 2 heterocycles. The Kier molecular flexibility index (Phi) is 4.68. The van der Waals surface area contributed by atoms with Crippen molar-refractivity contribution in [1.29, 1.82) is 10.7 Å². The number of anilines is 2. The van der Waals surface area contributed by atoms with Gasteiger partial charge in [0.2, 0.25) is 5.91 Å². The van der Waals surface area contributed by atoms with E-state index in [1.807, 2.05) is 30.3 Å². The van der Waals surface area contributed by atoms with Crippen LogP contribution in [0.15, 0.2) is 46.4 Å². The molecule has 28 heavy (non-hydrogen) atoms. The van der Waals surface area contributed by atoms with Crippen LogP contribution in [-0.2, 0) is 11.2 Å². The molecule has 4 rings (SSSR count). The van der Waals surface area contributed by atoms with E-state index in [-0.39, 0.29) is 5.91 Å². The SMILES string of the molecule is N#Cc1cc(C2=NC(c3ccc4c(c3)CCC(=O)N4)=NC2)ccc1NCC=N. The molecule has 0 saturated carbocycles. The lowest BCUT2D eigenvalue weighted by atomic mass is 10.00. The van der Waals surface area contributed by atoms with Crippen molar-refractivity contribution in [2.24, 2.45) is 9.98 Å². The van der Waals surface area contributed by atoms with Crippen molar-refractivity contribution in [2.45, 2.75) is 12.8 Å². The maximum absolute atomic E-state index is 11.5. The molecule has 0 radical (unpaired) electrons. The average molecular weight is 370 g/mol. The number of nitrogens with one attached hydrogen (secondary N) is 3. The van der Waals surface area contributed by atoms with Gasteiger partial charge in [-0.2, -0.15) is 5.26 Å². The minimum Gasteiger partial charge on any atom is -0.379 e. The Morgan fingerprint density at radius 3 is 2.89 bits per heavy atom. The monoisotopic (exact) mass is 370 g/mol. The highest BCUT2D eigenvalue weighted by molar-refractivity contribution is 6.17. The van der Waals surface area contributed by atoms with Crippen molar-refractivity contribution in [3.8, 4) is 6.07 Å². The van der Waals surface area contributed by atoms with E-state index in [1.165, 1.54) is 6.21 Å². The zero-order chi connectivity index (χ0) is 19.5. The smallest absolute Gasteiger partial charge is 0.224 e. The lowest BCUT2D eigenvalue weighted by Crippen LogP contribution is -2.19. The van der Waals surface area contributed by atoms with E-state index in [4.69, 9.17) is 5.41 Å². The van der Waals surface area contributed by atoms with Gasteiger partial charge in [-0.1, -0.05) is 6.07 Å². The number of amidine groups is 1. The number of carbonyl (C=O) groups is 1. The van der Waals surface area contributed by atoms with Gasteiger partial charge in [0, 0.05) is 30.4 Å². The zero-order valence-corrected chi connectivity index (χ0v) is 15.1. The number of carbonyl (C=O) groups excluding carboxylic acids is 1. The normalized spacial score (nSPS) is 15.0. The second-order valence-corrected chi connectivity index (χ2v) is 6.58. The summed E-state index contributed by atoms with van der Waals surface area (Å²) in [5.41, 5.74) is 5.77. The largest absolute Gasteiger partial charge is 0.379 e. The van der Waals surface area contributed by atoms with Gasteiger partial charge in [0.1, 0.15) is 6.07 Å². The summed E-state index contributed by atoms with van der Waals surface area (Å²) in [6.45, 7) is 0.836. The van der Waals surface area contributed by atoms with Crippen LogP contribution >= 0.6 is 0 Å². The van der Waals surface area contributed by atoms with Gasteiger partial charge in [-0.3, -0.25) is 9.79 Å². The highest BCUT2D eigenvalue weighted by atomic mass is 16.1. The topological polar surface area (TPSA) is 113 Å². The molecule has 0 unspecified atom stereocenters. The summed E-state index contributed by atoms with van der Waals surface area (Å²) < 4.78 is 0. The minimum atomic E-state index is 0.0469. The second-order valence-electron chi connectivity index (χ2n) is 6.58. The highest BCUT2D eigenvalue weighted by Gasteiger charge is 2.19. The van der Waals surface area contributed by atoms with Crippen LogP contribution < -0.4 is 10.6 Å². The van der Waals surface area contributed by atoms with Crippen molar-refractivity contribution in [3.05, 3.63) is 58.7 Å². The number of hydrogen-bond acceptors (Lipinski definition) is 6. The van der Waals surface area contributed by atoms with E-state index in [0.717, 1.165) is 28.1 Å². The van der Waals surface area contributed by atoms with Crippen LogP contribution in [0.5, 0.6) is 0 Å². The Hall–Kier alpha value is -3.79. The molecule has 3 N–H and O–H groups in total. The summed E-state index contributed by atoms with van der Waals surface area (Å²) in [7, 11) is 0. The van der Waals surface area contributed by atoms with Crippen LogP contribution in [0.1, 0.15) is 28.7 Å². The fraction of sp³-hybridized carbons (Fsp3) is 0.190.